The summed E-state index contributed by atoms with van der Waals surface area (Å²) in [5.74, 6) is -0.649. The summed E-state index contributed by atoms with van der Waals surface area (Å²) in [6.07, 6.45) is 0. The van der Waals surface area contributed by atoms with Crippen molar-refractivity contribution < 1.29 is 14.4 Å². The second kappa shape index (κ2) is 6.76. The van der Waals surface area contributed by atoms with Crippen molar-refractivity contribution in [3.8, 4) is 0 Å². The van der Waals surface area contributed by atoms with E-state index in [2.05, 4.69) is 0 Å². The smallest absolute Gasteiger partial charge is 0.161 e. The highest BCUT2D eigenvalue weighted by Crippen LogP contribution is 2.22. The van der Waals surface area contributed by atoms with Gasteiger partial charge in [0.2, 0.25) is 0 Å². The van der Waals surface area contributed by atoms with Gasteiger partial charge in [-0.3, -0.25) is 14.4 Å². The number of hydrogen-bond acceptors (Lipinski definition) is 3. The maximum Gasteiger partial charge on any atom is 0.161 e. The first-order valence-corrected chi connectivity index (χ1v) is 7.93. The lowest BCUT2D eigenvalue weighted by atomic mass is 9.94. The number of rotatable bonds is 5. The van der Waals surface area contributed by atoms with Crippen LogP contribution in [0.25, 0.3) is 0 Å². The van der Waals surface area contributed by atoms with Crippen molar-refractivity contribution in [2.75, 3.05) is 0 Å². The highest BCUT2D eigenvalue weighted by Gasteiger charge is 2.22. The molecule has 0 N–H and O–H groups in total. The number of Topliss-reactive ketones (excluding diaryl/α,β-unsaturated/α-hetero) is 3. The van der Waals surface area contributed by atoms with Gasteiger partial charge in [0.05, 0.1) is 0 Å². The topological polar surface area (TPSA) is 51.2 Å². The Morgan fingerprint density at radius 2 is 1.32 bits per heavy atom. The number of hydrogen-bond donors (Lipinski definition) is 0. The summed E-state index contributed by atoms with van der Waals surface area (Å²) in [4.78, 5) is 35.9. The minimum Gasteiger partial charge on any atom is -0.294 e. The molecule has 0 aliphatic rings. The van der Waals surface area contributed by atoms with Crippen LogP contribution in [-0.2, 0) is 0 Å². The molecule has 22 heavy (non-hydrogen) atoms. The van der Waals surface area contributed by atoms with Gasteiger partial charge in [0, 0.05) is 16.7 Å². The summed E-state index contributed by atoms with van der Waals surface area (Å²) < 4.78 is 0. The Hall–Kier alpha value is -2.12. The van der Waals surface area contributed by atoms with Crippen molar-refractivity contribution in [2.45, 2.75) is 20.8 Å². The molecule has 0 aliphatic heterocycles. The lowest BCUT2D eigenvalue weighted by Crippen LogP contribution is -2.20. The van der Waals surface area contributed by atoms with E-state index in [1.807, 2.05) is 30.3 Å². The number of benzene rings is 2. The second-order valence-electron chi connectivity index (χ2n) is 5.07. The van der Waals surface area contributed by atoms with Gasteiger partial charge >= 0.3 is 0 Å². The molecule has 0 heterocycles. The largest absolute Gasteiger partial charge is 0.294 e. The fraction of sp³-hybridized carbons (Fsp3) is 0.167. The Morgan fingerprint density at radius 3 is 1.82 bits per heavy atom. The van der Waals surface area contributed by atoms with Crippen LogP contribution < -0.4 is 10.6 Å². The minimum absolute atomic E-state index is 0.188. The van der Waals surface area contributed by atoms with E-state index in [-0.39, 0.29) is 31.5 Å². The van der Waals surface area contributed by atoms with Crippen molar-refractivity contribution in [3.05, 3.63) is 59.2 Å². The standard InChI is InChI=1S/C18H17O3P/c1-11(19)15-9-10-16(22-14-7-5-4-6-8-14)18(13(3)21)17(15)12(2)20/h4-10,22H,1-3H3. The summed E-state index contributed by atoms with van der Waals surface area (Å²) in [5, 5.41) is 1.88. The Kier molecular flexibility index (Phi) is 4.99. The second-order valence-corrected chi connectivity index (χ2v) is 6.44. The van der Waals surface area contributed by atoms with Crippen molar-refractivity contribution in [2.24, 2.45) is 0 Å². The SMILES string of the molecule is CC(=O)c1ccc(Pc2ccccc2)c(C(C)=O)c1C(C)=O. The lowest BCUT2D eigenvalue weighted by Gasteiger charge is -2.14. The van der Waals surface area contributed by atoms with Crippen molar-refractivity contribution in [3.63, 3.8) is 0 Å². The maximum absolute atomic E-state index is 12.1. The first-order valence-electron chi connectivity index (χ1n) is 6.93. The zero-order chi connectivity index (χ0) is 16.3. The van der Waals surface area contributed by atoms with Gasteiger partial charge in [-0.2, -0.15) is 0 Å². The van der Waals surface area contributed by atoms with Crippen LogP contribution in [0.5, 0.6) is 0 Å². The molecular formula is C18H17O3P. The highest BCUT2D eigenvalue weighted by molar-refractivity contribution is 7.55. The molecule has 0 fully saturated rings. The zero-order valence-electron chi connectivity index (χ0n) is 12.8. The number of ketones is 3. The van der Waals surface area contributed by atoms with Crippen LogP contribution >= 0.6 is 8.58 Å². The molecule has 2 aromatic carbocycles. The predicted molar refractivity (Wildman–Crippen MR) is 90.5 cm³/mol. The quantitative estimate of drug-likeness (QED) is 0.630. The third-order valence-electron chi connectivity index (χ3n) is 3.34. The van der Waals surface area contributed by atoms with E-state index < -0.39 is 0 Å². The molecule has 1 unspecified atom stereocenters. The Labute approximate surface area is 131 Å². The number of carbonyl (C=O) groups is 3. The molecule has 4 heteroatoms. The molecule has 0 radical (unpaired) electrons. The van der Waals surface area contributed by atoms with Gasteiger partial charge in [-0.05, 0) is 31.4 Å². The van der Waals surface area contributed by atoms with Crippen molar-refractivity contribution in [1.82, 2.24) is 0 Å². The molecule has 0 aliphatic carbocycles. The van der Waals surface area contributed by atoms with E-state index in [9.17, 15) is 14.4 Å². The Morgan fingerprint density at radius 1 is 0.727 bits per heavy atom. The van der Waals surface area contributed by atoms with Crippen molar-refractivity contribution in [1.29, 1.82) is 0 Å². The maximum atomic E-state index is 12.1. The summed E-state index contributed by atoms with van der Waals surface area (Å²) >= 11 is 0. The third-order valence-corrected chi connectivity index (χ3v) is 4.65. The fourth-order valence-electron chi connectivity index (χ4n) is 2.41. The van der Waals surface area contributed by atoms with Crippen LogP contribution in [0.2, 0.25) is 0 Å². The summed E-state index contributed by atoms with van der Waals surface area (Å²) in [7, 11) is 0.263. The first-order chi connectivity index (χ1) is 10.4. The van der Waals surface area contributed by atoms with Crippen LogP contribution in [0.3, 0.4) is 0 Å². The Balaban J connectivity index is 2.65. The van der Waals surface area contributed by atoms with Crippen LogP contribution in [0.4, 0.5) is 0 Å². The third kappa shape index (κ3) is 3.37. The van der Waals surface area contributed by atoms with Crippen LogP contribution in [0, 0.1) is 0 Å². The molecular weight excluding hydrogens is 295 g/mol. The molecule has 0 spiro atoms. The van der Waals surface area contributed by atoms with Gasteiger partial charge in [-0.15, -0.1) is 0 Å². The van der Waals surface area contributed by atoms with E-state index >= 15 is 0 Å². The Bertz CT molecular complexity index is 748. The average Bonchev–Trinajstić information content (AvgIpc) is 2.47. The molecule has 0 amide bonds. The predicted octanol–water partition coefficient (Wildman–Crippen LogP) is 2.92. The molecule has 0 bridgehead atoms. The monoisotopic (exact) mass is 312 g/mol. The summed E-state index contributed by atoms with van der Waals surface area (Å²) in [6.45, 7) is 4.24. The molecule has 1 atom stereocenters. The van der Waals surface area contributed by atoms with Crippen LogP contribution in [-0.4, -0.2) is 17.3 Å². The fourth-order valence-corrected chi connectivity index (χ4v) is 3.67. The summed E-state index contributed by atoms with van der Waals surface area (Å²) in [5.41, 5.74) is 0.947. The first kappa shape index (κ1) is 16.3. The van der Waals surface area contributed by atoms with Gasteiger partial charge in [-0.1, -0.05) is 51.0 Å². The van der Waals surface area contributed by atoms with Gasteiger partial charge in [-0.25, -0.2) is 0 Å². The van der Waals surface area contributed by atoms with Crippen LogP contribution in [0.1, 0.15) is 51.8 Å². The van der Waals surface area contributed by atoms with Gasteiger partial charge in [0.15, 0.2) is 17.3 Å². The van der Waals surface area contributed by atoms with Crippen molar-refractivity contribution >= 4 is 36.5 Å². The van der Waals surface area contributed by atoms with Gasteiger partial charge < -0.3 is 0 Å². The lowest BCUT2D eigenvalue weighted by molar-refractivity contribution is 0.0968. The molecule has 112 valence electrons. The zero-order valence-corrected chi connectivity index (χ0v) is 13.8. The van der Waals surface area contributed by atoms with E-state index in [1.54, 1.807) is 12.1 Å². The molecule has 0 aromatic heterocycles. The molecule has 2 rings (SSSR count). The van der Waals surface area contributed by atoms with Gasteiger partial charge in [0.25, 0.3) is 0 Å². The molecule has 0 saturated carbocycles. The van der Waals surface area contributed by atoms with Gasteiger partial charge in [0.1, 0.15) is 0 Å². The number of carbonyl (C=O) groups excluding carboxylic acids is 3. The van der Waals surface area contributed by atoms with Crippen LogP contribution in [0.15, 0.2) is 42.5 Å². The average molecular weight is 312 g/mol. The van der Waals surface area contributed by atoms with E-state index in [0.29, 0.717) is 11.1 Å². The minimum atomic E-state index is -0.255. The summed E-state index contributed by atoms with van der Waals surface area (Å²) in [6, 6.07) is 13.2. The molecule has 3 nitrogen and oxygen atoms in total. The highest BCUT2D eigenvalue weighted by atomic mass is 31.1. The normalized spacial score (nSPS) is 10.9. The van der Waals surface area contributed by atoms with E-state index in [4.69, 9.17) is 0 Å². The molecule has 2 aromatic rings. The molecule has 0 saturated heterocycles. The van der Waals surface area contributed by atoms with E-state index in [1.165, 1.54) is 20.8 Å². The van der Waals surface area contributed by atoms with E-state index in [0.717, 1.165) is 10.6 Å².